The lowest BCUT2D eigenvalue weighted by Crippen LogP contribution is -2.59. The fourth-order valence-electron chi connectivity index (χ4n) is 19.7. The van der Waals surface area contributed by atoms with Crippen molar-refractivity contribution in [1.82, 2.24) is 21.3 Å². The van der Waals surface area contributed by atoms with Gasteiger partial charge in [0.1, 0.15) is 0 Å². The Hall–Kier alpha value is -1.89. The molecule has 17 heteroatoms. The smallest absolute Gasteiger partial charge is 0.266 e. The largest absolute Gasteiger partial charge is 0.393 e. The summed E-state index contributed by atoms with van der Waals surface area (Å²) in [6, 6.07) is 0.160. The van der Waals surface area contributed by atoms with Crippen LogP contribution in [0.2, 0.25) is 0 Å². The molecule has 0 radical (unpaired) electrons. The van der Waals surface area contributed by atoms with Crippen molar-refractivity contribution in [2.45, 2.75) is 214 Å². The molecule has 6 unspecified atom stereocenters. The van der Waals surface area contributed by atoms with Crippen LogP contribution in [0.4, 0.5) is 0 Å². The van der Waals surface area contributed by atoms with E-state index >= 15 is 0 Å². The fraction of sp³-hybridized carbons (Fsp3) is 0.947. The molecule has 8 aliphatic carbocycles. The summed E-state index contributed by atoms with van der Waals surface area (Å²) in [6.45, 7) is 15.4. The fourth-order valence-corrected chi connectivity index (χ4v) is 20.5. The summed E-state index contributed by atoms with van der Waals surface area (Å²) < 4.78 is 62.3. The van der Waals surface area contributed by atoms with Crippen LogP contribution in [0.1, 0.15) is 189 Å². The summed E-state index contributed by atoms with van der Waals surface area (Å²) in [4.78, 5) is 39.3. The molecule has 8 aliphatic rings. The van der Waals surface area contributed by atoms with Crippen molar-refractivity contribution in [2.75, 3.05) is 31.1 Å². The molecule has 424 valence electrons. The second-order valence-corrected chi connectivity index (χ2v) is 30.4. The van der Waals surface area contributed by atoms with E-state index in [-0.39, 0.29) is 88.4 Å². The van der Waals surface area contributed by atoms with Crippen molar-refractivity contribution < 1.29 is 50.5 Å². The van der Waals surface area contributed by atoms with Gasteiger partial charge >= 0.3 is 0 Å². The summed E-state index contributed by atoms with van der Waals surface area (Å²) in [7, 11) is -8.07. The summed E-state index contributed by atoms with van der Waals surface area (Å²) in [5, 5.41) is 36.5. The highest BCUT2D eigenvalue weighted by Gasteiger charge is 2.65. The molecule has 0 aromatic carbocycles. The van der Waals surface area contributed by atoms with Crippen molar-refractivity contribution in [3.63, 3.8) is 0 Å². The summed E-state index contributed by atoms with van der Waals surface area (Å²) in [6.07, 6.45) is 19.9. The number of nitrogens with one attached hydrogen (secondary N) is 4. The third-order valence-corrected chi connectivity index (χ3v) is 24.9. The molecule has 0 saturated heterocycles. The molecule has 0 bridgehead atoms. The average molecular weight is 1080 g/mol. The minimum atomic E-state index is -4.12. The zero-order valence-electron chi connectivity index (χ0n) is 46.0. The van der Waals surface area contributed by atoms with Crippen LogP contribution in [0.5, 0.6) is 0 Å². The van der Waals surface area contributed by atoms with Crippen molar-refractivity contribution in [2.24, 2.45) is 92.7 Å². The second kappa shape index (κ2) is 23.1. The maximum absolute atomic E-state index is 13.4. The molecule has 0 aliphatic heterocycles. The van der Waals surface area contributed by atoms with Gasteiger partial charge in [0, 0.05) is 44.4 Å². The molecule has 0 heterocycles. The highest BCUT2D eigenvalue weighted by molar-refractivity contribution is 7.86. The number of rotatable bonds is 21. The Balaban J connectivity index is 0.745. The van der Waals surface area contributed by atoms with E-state index in [1.165, 1.54) is 19.3 Å². The zero-order chi connectivity index (χ0) is 53.6. The van der Waals surface area contributed by atoms with Crippen molar-refractivity contribution in [3.05, 3.63) is 0 Å². The number of hydrogen-bond acceptors (Lipinski definition) is 10. The SMILES string of the molecule is C[C@H](CCC(=O)NCCS(=O)(=O)O)[C@H]1CC[C@H]2C3[C@@H](O)CC4CC(NC(=O)CCCC(=O)NC5CC[C@]6(C)C(C5)C[C@@H](O)C5[C@H]7CC[C@@H]([C@@H](C)CCCNCCS(=O)(=O)O)[C@]7(C)CC[C@H]56)CC[C@]4(C)[C@H]3CC[C@]12C. The number of amides is 3. The molecule has 20 atom stereocenters. The third-order valence-electron chi connectivity index (χ3n) is 23.5. The van der Waals surface area contributed by atoms with Crippen LogP contribution >= 0.6 is 0 Å². The van der Waals surface area contributed by atoms with Gasteiger partial charge in [-0.25, -0.2) is 0 Å². The summed E-state index contributed by atoms with van der Waals surface area (Å²) in [5.41, 5.74) is 0.565. The van der Waals surface area contributed by atoms with E-state index in [1.807, 2.05) is 0 Å². The van der Waals surface area contributed by atoms with Gasteiger partial charge < -0.3 is 31.5 Å². The maximum atomic E-state index is 13.4. The summed E-state index contributed by atoms with van der Waals surface area (Å²) in [5.74, 6) is 4.15. The molecule has 0 spiro atoms. The predicted octanol–water partition coefficient (Wildman–Crippen LogP) is 7.70. The van der Waals surface area contributed by atoms with E-state index in [0.29, 0.717) is 90.8 Å². The number of fused-ring (bicyclic) bond motifs is 10. The van der Waals surface area contributed by atoms with Crippen molar-refractivity contribution in [3.8, 4) is 0 Å². The molecular weight excluding hydrogens is 981 g/mol. The van der Waals surface area contributed by atoms with Crippen LogP contribution in [0.3, 0.4) is 0 Å². The van der Waals surface area contributed by atoms with Gasteiger partial charge in [0.25, 0.3) is 20.2 Å². The minimum absolute atomic E-state index is 0.00497. The Bertz CT molecular complexity index is 2220. The summed E-state index contributed by atoms with van der Waals surface area (Å²) >= 11 is 0. The van der Waals surface area contributed by atoms with Crippen molar-refractivity contribution in [1.29, 1.82) is 0 Å². The van der Waals surface area contributed by atoms with Crippen LogP contribution in [0.25, 0.3) is 0 Å². The van der Waals surface area contributed by atoms with E-state index in [2.05, 4.69) is 62.8 Å². The second-order valence-electron chi connectivity index (χ2n) is 27.3. The zero-order valence-corrected chi connectivity index (χ0v) is 47.6. The van der Waals surface area contributed by atoms with Gasteiger partial charge in [0.2, 0.25) is 17.7 Å². The topological polar surface area (TPSA) is 249 Å². The first-order valence-electron chi connectivity index (χ1n) is 29.6. The standard InChI is InChI=1S/C57H98N4O11S2/c1-35(9-8-26-58-27-29-73(67,68)69)41-13-15-43-52-45(20-24-56(41,43)5)54(3)22-18-39(31-37(54)33-47(52)62)60-50(65)10-7-11-51(66)61-40-19-23-55(4)38(32-40)34-48(63)53-44-16-14-42(57(44,6)25-21-46(53)55)36(2)12-17-49(64)59-28-30-74(70,71)72/h35-48,52-53,58,62-63H,7-34H2,1-6H3,(H,59,64)(H,60,65)(H,61,66)(H,67,68,69)(H,70,71,72)/t35-,36+,37?,38?,39?,40?,41-,42+,43+,44-,45+,46-,47+,48-,52?,53?,54+,55-,56-,57+/m0/s1. The number of aliphatic hydroxyl groups excluding tert-OH is 2. The van der Waals surface area contributed by atoms with Gasteiger partial charge in [0.15, 0.2) is 0 Å². The van der Waals surface area contributed by atoms with E-state index in [0.717, 1.165) is 109 Å². The Morgan fingerprint density at radius 1 is 0.514 bits per heavy atom. The highest BCUT2D eigenvalue weighted by atomic mass is 32.2. The lowest BCUT2D eigenvalue weighted by atomic mass is 9.43. The van der Waals surface area contributed by atoms with Crippen molar-refractivity contribution >= 4 is 38.0 Å². The van der Waals surface area contributed by atoms with Crippen LogP contribution < -0.4 is 21.3 Å². The molecular formula is C57H98N4O11S2. The average Bonchev–Trinajstić information content (AvgIpc) is 3.86. The van der Waals surface area contributed by atoms with E-state index in [4.69, 9.17) is 9.11 Å². The van der Waals surface area contributed by atoms with Gasteiger partial charge in [0.05, 0.1) is 23.7 Å². The van der Waals surface area contributed by atoms with Crippen LogP contribution in [0.15, 0.2) is 0 Å². The molecule has 8 fully saturated rings. The normalized spacial score (nSPS) is 42.5. The van der Waals surface area contributed by atoms with Gasteiger partial charge in [-0.3, -0.25) is 23.5 Å². The Kier molecular flexibility index (Phi) is 18.2. The van der Waals surface area contributed by atoms with E-state index in [1.54, 1.807) is 0 Å². The first kappa shape index (κ1) is 58.3. The molecule has 15 nitrogen and oxygen atoms in total. The first-order valence-corrected chi connectivity index (χ1v) is 32.8. The predicted molar refractivity (Wildman–Crippen MR) is 286 cm³/mol. The molecule has 3 amide bonds. The van der Waals surface area contributed by atoms with E-state index < -0.39 is 26.0 Å². The maximum Gasteiger partial charge on any atom is 0.266 e. The van der Waals surface area contributed by atoms with Gasteiger partial charge in [-0.15, -0.1) is 0 Å². The lowest BCUT2D eigenvalue weighted by Gasteiger charge is -2.62. The van der Waals surface area contributed by atoms with Crippen LogP contribution in [0, 0.1) is 92.7 Å². The van der Waals surface area contributed by atoms with E-state index in [9.17, 15) is 41.4 Å². The van der Waals surface area contributed by atoms with Gasteiger partial charge in [-0.05, 0) is 228 Å². The molecule has 0 aromatic rings. The van der Waals surface area contributed by atoms with Gasteiger partial charge in [-0.2, -0.15) is 16.8 Å². The van der Waals surface area contributed by atoms with Gasteiger partial charge in [-0.1, -0.05) is 41.5 Å². The Morgan fingerprint density at radius 2 is 0.946 bits per heavy atom. The molecule has 8 N–H and O–H groups in total. The molecule has 8 saturated carbocycles. The molecule has 8 rings (SSSR count). The Morgan fingerprint density at radius 3 is 1.42 bits per heavy atom. The monoisotopic (exact) mass is 1080 g/mol. The number of hydrogen-bond donors (Lipinski definition) is 8. The minimum Gasteiger partial charge on any atom is -0.393 e. The number of carbonyl (C=O) groups is 3. The lowest BCUT2D eigenvalue weighted by molar-refractivity contribution is -0.167. The highest BCUT2D eigenvalue weighted by Crippen LogP contribution is 2.70. The molecule has 74 heavy (non-hydrogen) atoms. The molecule has 0 aromatic heterocycles. The van der Waals surface area contributed by atoms with Crippen LogP contribution in [-0.2, 0) is 34.6 Å². The van der Waals surface area contributed by atoms with Crippen LogP contribution in [-0.4, -0.2) is 109 Å². The number of aliphatic hydroxyl groups is 2. The Labute approximate surface area is 445 Å². The first-order chi connectivity index (χ1) is 34.8. The quantitative estimate of drug-likeness (QED) is 0.0407. The number of carbonyl (C=O) groups excluding carboxylic acids is 3. The third kappa shape index (κ3) is 12.4.